The second-order valence-electron chi connectivity index (χ2n) is 2.96. The maximum Gasteiger partial charge on any atom is 0.220 e. The molecule has 0 radical (unpaired) electrons. The first-order valence-corrected chi connectivity index (χ1v) is 4.41. The summed E-state index contributed by atoms with van der Waals surface area (Å²) in [6, 6.07) is 0. The van der Waals surface area contributed by atoms with E-state index in [0.29, 0.717) is 19.5 Å². The van der Waals surface area contributed by atoms with Crippen molar-refractivity contribution >= 4 is 5.91 Å². The van der Waals surface area contributed by atoms with Gasteiger partial charge >= 0.3 is 0 Å². The van der Waals surface area contributed by atoms with Gasteiger partial charge in [0.05, 0.1) is 0 Å². The van der Waals surface area contributed by atoms with Crippen LogP contribution in [0.2, 0.25) is 0 Å². The van der Waals surface area contributed by atoms with Crippen LogP contribution in [0, 0.1) is 5.92 Å². The van der Waals surface area contributed by atoms with E-state index >= 15 is 0 Å². The van der Waals surface area contributed by atoms with Crippen molar-refractivity contribution in [3.8, 4) is 0 Å². The van der Waals surface area contributed by atoms with Gasteiger partial charge in [-0.2, -0.15) is 0 Å². The van der Waals surface area contributed by atoms with E-state index < -0.39 is 0 Å². The first-order chi connectivity index (χ1) is 5.72. The number of hydrogen-bond acceptors (Lipinski definition) is 3. The molecular weight excluding hydrogens is 154 g/mol. The van der Waals surface area contributed by atoms with E-state index in [-0.39, 0.29) is 11.8 Å². The van der Waals surface area contributed by atoms with Crippen LogP contribution in [0.4, 0.5) is 0 Å². The van der Waals surface area contributed by atoms with E-state index in [1.54, 1.807) is 0 Å². The van der Waals surface area contributed by atoms with Gasteiger partial charge in [0.15, 0.2) is 0 Å². The predicted molar refractivity (Wildman–Crippen MR) is 49.3 cm³/mol. The Morgan fingerprint density at radius 1 is 1.08 bits per heavy atom. The highest BCUT2D eigenvalue weighted by Gasteiger charge is 2.12. The first-order valence-electron chi connectivity index (χ1n) is 4.41. The molecule has 0 aromatic heterocycles. The molecule has 0 aliphatic rings. The lowest BCUT2D eigenvalue weighted by Gasteiger charge is -2.10. The third kappa shape index (κ3) is 5.09. The zero-order valence-corrected chi connectivity index (χ0v) is 7.46. The summed E-state index contributed by atoms with van der Waals surface area (Å²) in [5, 5.41) is 0. The Morgan fingerprint density at radius 2 is 1.75 bits per heavy atom. The Balaban J connectivity index is 3.56. The van der Waals surface area contributed by atoms with Crippen LogP contribution < -0.4 is 17.2 Å². The summed E-state index contributed by atoms with van der Waals surface area (Å²) in [7, 11) is 0. The Labute approximate surface area is 73.5 Å². The number of primary amides is 1. The summed E-state index contributed by atoms with van der Waals surface area (Å²) in [5.74, 6) is -0.293. The van der Waals surface area contributed by atoms with E-state index in [4.69, 9.17) is 17.2 Å². The zero-order valence-electron chi connectivity index (χ0n) is 7.46. The second-order valence-corrected chi connectivity index (χ2v) is 2.96. The van der Waals surface area contributed by atoms with Gasteiger partial charge in [0.1, 0.15) is 0 Å². The SMILES string of the molecule is NCCCCC(CCN)C(N)=O. The molecule has 72 valence electrons. The van der Waals surface area contributed by atoms with Crippen molar-refractivity contribution in [1.29, 1.82) is 0 Å². The van der Waals surface area contributed by atoms with Crippen molar-refractivity contribution < 1.29 is 4.79 Å². The molecule has 12 heavy (non-hydrogen) atoms. The smallest absolute Gasteiger partial charge is 0.220 e. The summed E-state index contributed by atoms with van der Waals surface area (Å²) < 4.78 is 0. The monoisotopic (exact) mass is 173 g/mol. The fourth-order valence-electron chi connectivity index (χ4n) is 1.17. The predicted octanol–water partition coefficient (Wildman–Crippen LogP) is -0.434. The molecule has 0 bridgehead atoms. The minimum absolute atomic E-state index is 0.0541. The Kier molecular flexibility index (Phi) is 6.70. The van der Waals surface area contributed by atoms with Crippen molar-refractivity contribution in [2.75, 3.05) is 13.1 Å². The topological polar surface area (TPSA) is 95.1 Å². The van der Waals surface area contributed by atoms with Crippen LogP contribution in [-0.4, -0.2) is 19.0 Å². The first kappa shape index (κ1) is 11.4. The van der Waals surface area contributed by atoms with E-state index in [1.165, 1.54) is 0 Å². The summed E-state index contributed by atoms with van der Waals surface area (Å²) in [5.41, 5.74) is 15.8. The fraction of sp³-hybridized carbons (Fsp3) is 0.875. The highest BCUT2D eigenvalue weighted by molar-refractivity contribution is 5.76. The van der Waals surface area contributed by atoms with Gasteiger partial charge in [-0.05, 0) is 32.4 Å². The number of rotatable bonds is 7. The largest absolute Gasteiger partial charge is 0.369 e. The summed E-state index contributed by atoms with van der Waals surface area (Å²) in [6.45, 7) is 1.20. The fourth-order valence-corrected chi connectivity index (χ4v) is 1.17. The second kappa shape index (κ2) is 7.06. The molecule has 4 nitrogen and oxygen atoms in total. The molecule has 0 aliphatic heterocycles. The molecule has 1 atom stereocenters. The number of nitrogens with two attached hydrogens (primary N) is 3. The molecule has 0 saturated heterocycles. The van der Waals surface area contributed by atoms with Crippen molar-refractivity contribution in [2.24, 2.45) is 23.1 Å². The lowest BCUT2D eigenvalue weighted by molar-refractivity contribution is -0.122. The number of carbonyl (C=O) groups excluding carboxylic acids is 1. The average Bonchev–Trinajstić information content (AvgIpc) is 2.03. The molecule has 0 aromatic carbocycles. The van der Waals surface area contributed by atoms with Gasteiger partial charge in [0.2, 0.25) is 5.91 Å². The quantitative estimate of drug-likeness (QED) is 0.456. The minimum Gasteiger partial charge on any atom is -0.369 e. The zero-order chi connectivity index (χ0) is 9.40. The van der Waals surface area contributed by atoms with Crippen LogP contribution in [-0.2, 0) is 4.79 Å². The molecule has 0 rings (SSSR count). The molecule has 0 aromatic rings. The maximum atomic E-state index is 10.8. The molecule has 6 N–H and O–H groups in total. The van der Waals surface area contributed by atoms with Gasteiger partial charge in [0, 0.05) is 5.92 Å². The lowest BCUT2D eigenvalue weighted by atomic mass is 9.98. The normalized spacial score (nSPS) is 12.8. The molecule has 1 unspecified atom stereocenters. The van der Waals surface area contributed by atoms with E-state index in [9.17, 15) is 4.79 Å². The summed E-state index contributed by atoms with van der Waals surface area (Å²) in [6.07, 6.45) is 3.43. The van der Waals surface area contributed by atoms with Crippen LogP contribution in [0.25, 0.3) is 0 Å². The Morgan fingerprint density at radius 3 is 2.17 bits per heavy atom. The number of hydrogen-bond donors (Lipinski definition) is 3. The summed E-state index contributed by atoms with van der Waals surface area (Å²) in [4.78, 5) is 10.8. The molecule has 4 heteroatoms. The van der Waals surface area contributed by atoms with E-state index in [1.807, 2.05) is 0 Å². The standard InChI is InChI=1S/C8H19N3O/c9-5-2-1-3-7(4-6-10)8(11)12/h7H,1-6,9-10H2,(H2,11,12). The van der Waals surface area contributed by atoms with Gasteiger partial charge in [-0.15, -0.1) is 0 Å². The third-order valence-electron chi connectivity index (χ3n) is 1.92. The van der Waals surface area contributed by atoms with Crippen molar-refractivity contribution in [2.45, 2.75) is 25.7 Å². The Bertz CT molecular complexity index is 127. The molecular formula is C8H19N3O. The third-order valence-corrected chi connectivity index (χ3v) is 1.92. The van der Waals surface area contributed by atoms with Crippen LogP contribution in [0.1, 0.15) is 25.7 Å². The highest BCUT2D eigenvalue weighted by Crippen LogP contribution is 2.10. The van der Waals surface area contributed by atoms with Gasteiger partial charge in [-0.3, -0.25) is 4.79 Å². The molecule has 0 spiro atoms. The molecule has 0 heterocycles. The lowest BCUT2D eigenvalue weighted by Crippen LogP contribution is -2.25. The van der Waals surface area contributed by atoms with E-state index in [0.717, 1.165) is 19.3 Å². The Hall–Kier alpha value is -0.610. The minimum atomic E-state index is -0.238. The van der Waals surface area contributed by atoms with Crippen molar-refractivity contribution in [3.05, 3.63) is 0 Å². The van der Waals surface area contributed by atoms with Crippen LogP contribution in [0.15, 0.2) is 0 Å². The average molecular weight is 173 g/mol. The van der Waals surface area contributed by atoms with Crippen molar-refractivity contribution in [3.63, 3.8) is 0 Å². The van der Waals surface area contributed by atoms with Gasteiger partial charge in [-0.25, -0.2) is 0 Å². The van der Waals surface area contributed by atoms with E-state index in [2.05, 4.69) is 0 Å². The van der Waals surface area contributed by atoms with Gasteiger partial charge in [0.25, 0.3) is 0 Å². The van der Waals surface area contributed by atoms with Crippen molar-refractivity contribution in [1.82, 2.24) is 0 Å². The van der Waals surface area contributed by atoms with Gasteiger partial charge in [-0.1, -0.05) is 6.42 Å². The maximum absolute atomic E-state index is 10.8. The highest BCUT2D eigenvalue weighted by atomic mass is 16.1. The molecule has 1 amide bonds. The van der Waals surface area contributed by atoms with Gasteiger partial charge < -0.3 is 17.2 Å². The molecule has 0 fully saturated rings. The molecule has 0 saturated carbocycles. The van der Waals surface area contributed by atoms with Crippen LogP contribution in [0.5, 0.6) is 0 Å². The van der Waals surface area contributed by atoms with Crippen LogP contribution >= 0.6 is 0 Å². The summed E-state index contributed by atoms with van der Waals surface area (Å²) >= 11 is 0. The molecule has 0 aliphatic carbocycles. The number of carbonyl (C=O) groups is 1. The van der Waals surface area contributed by atoms with Crippen LogP contribution in [0.3, 0.4) is 0 Å². The number of amides is 1. The number of unbranched alkanes of at least 4 members (excludes halogenated alkanes) is 1.